The second kappa shape index (κ2) is 8.63. The lowest BCUT2D eigenvalue weighted by Crippen LogP contribution is -2.10. The van der Waals surface area contributed by atoms with E-state index < -0.39 is 0 Å². The number of aromatic nitrogens is 2. The Morgan fingerprint density at radius 2 is 1.85 bits per heavy atom. The summed E-state index contributed by atoms with van der Waals surface area (Å²) in [7, 11) is 3.02. The van der Waals surface area contributed by atoms with Crippen LogP contribution in [0.3, 0.4) is 0 Å². The highest BCUT2D eigenvalue weighted by atomic mass is 32.2. The van der Waals surface area contributed by atoms with Gasteiger partial charge in [-0.05, 0) is 12.3 Å². The van der Waals surface area contributed by atoms with Crippen LogP contribution in [0.25, 0.3) is 0 Å². The molecule has 20 heavy (non-hydrogen) atoms. The third kappa shape index (κ3) is 6.10. The van der Waals surface area contributed by atoms with Gasteiger partial charge < -0.3 is 14.2 Å². The second-order valence-electron chi connectivity index (χ2n) is 4.43. The van der Waals surface area contributed by atoms with Crippen LogP contribution < -0.4 is 9.47 Å². The Balaban J connectivity index is 2.46. The minimum absolute atomic E-state index is 0.161. The first-order valence-corrected chi connectivity index (χ1v) is 7.29. The molecule has 0 bridgehead atoms. The first-order valence-electron chi connectivity index (χ1n) is 6.30. The molecule has 0 spiro atoms. The largest absolute Gasteiger partial charge is 0.481 e. The zero-order valence-corrected chi connectivity index (χ0v) is 13.0. The number of carbonyl (C=O) groups is 1. The van der Waals surface area contributed by atoms with Crippen molar-refractivity contribution in [1.29, 1.82) is 0 Å². The summed E-state index contributed by atoms with van der Waals surface area (Å²) < 4.78 is 15.2. The van der Waals surface area contributed by atoms with E-state index in [0.717, 1.165) is 6.42 Å². The molecule has 0 unspecified atom stereocenters. The molecule has 7 heteroatoms. The molecular formula is C13H20N2O4S. The molecule has 0 saturated carbocycles. The van der Waals surface area contributed by atoms with Gasteiger partial charge in [-0.2, -0.15) is 9.97 Å². The molecular weight excluding hydrogens is 280 g/mol. The van der Waals surface area contributed by atoms with Gasteiger partial charge in [-0.1, -0.05) is 25.6 Å². The summed E-state index contributed by atoms with van der Waals surface area (Å²) in [5.41, 5.74) is 0. The van der Waals surface area contributed by atoms with Crippen LogP contribution in [0.15, 0.2) is 11.2 Å². The van der Waals surface area contributed by atoms with Crippen LogP contribution in [0.2, 0.25) is 0 Å². The molecule has 1 rings (SSSR count). The van der Waals surface area contributed by atoms with Crippen molar-refractivity contribution in [2.45, 2.75) is 25.4 Å². The molecule has 0 aliphatic carbocycles. The van der Waals surface area contributed by atoms with Crippen molar-refractivity contribution >= 4 is 17.7 Å². The van der Waals surface area contributed by atoms with Crippen molar-refractivity contribution in [3.63, 3.8) is 0 Å². The summed E-state index contributed by atoms with van der Waals surface area (Å²) in [4.78, 5) is 19.8. The lowest BCUT2D eigenvalue weighted by molar-refractivity contribution is -0.140. The average Bonchev–Trinajstić information content (AvgIpc) is 2.44. The minimum atomic E-state index is -0.277. The molecule has 0 fully saturated rings. The summed E-state index contributed by atoms with van der Waals surface area (Å²) in [5.74, 6) is 1.19. The third-order valence-electron chi connectivity index (χ3n) is 2.35. The van der Waals surface area contributed by atoms with Gasteiger partial charge in [0.1, 0.15) is 0 Å². The molecule has 0 aliphatic heterocycles. The fourth-order valence-electron chi connectivity index (χ4n) is 1.23. The number of thioether (sulfide) groups is 1. The van der Waals surface area contributed by atoms with Crippen LogP contribution in [-0.4, -0.2) is 42.5 Å². The molecule has 0 saturated heterocycles. The van der Waals surface area contributed by atoms with Crippen LogP contribution in [0.4, 0.5) is 0 Å². The highest BCUT2D eigenvalue weighted by Crippen LogP contribution is 2.21. The van der Waals surface area contributed by atoms with Gasteiger partial charge in [0.2, 0.25) is 11.8 Å². The van der Waals surface area contributed by atoms with E-state index in [9.17, 15) is 4.79 Å². The Morgan fingerprint density at radius 1 is 1.25 bits per heavy atom. The zero-order chi connectivity index (χ0) is 15.0. The predicted molar refractivity (Wildman–Crippen MR) is 76.3 cm³/mol. The van der Waals surface area contributed by atoms with E-state index in [-0.39, 0.29) is 11.7 Å². The molecule has 0 atom stereocenters. The van der Waals surface area contributed by atoms with E-state index in [2.05, 4.69) is 23.8 Å². The SMILES string of the molecule is COc1cc(OC)nc(SCC(=O)OCCC(C)C)n1. The third-order valence-corrected chi connectivity index (χ3v) is 3.18. The van der Waals surface area contributed by atoms with E-state index in [1.54, 1.807) is 6.07 Å². The Kier molecular flexibility index (Phi) is 7.14. The molecule has 1 aromatic heterocycles. The maximum atomic E-state index is 11.5. The Bertz CT molecular complexity index is 418. The molecule has 112 valence electrons. The van der Waals surface area contributed by atoms with Crippen LogP contribution in [-0.2, 0) is 9.53 Å². The molecule has 1 heterocycles. The van der Waals surface area contributed by atoms with Crippen molar-refractivity contribution in [2.75, 3.05) is 26.6 Å². The summed E-state index contributed by atoms with van der Waals surface area (Å²) >= 11 is 1.19. The summed E-state index contributed by atoms with van der Waals surface area (Å²) in [6, 6.07) is 1.57. The van der Waals surface area contributed by atoms with Gasteiger partial charge in [-0.25, -0.2) is 0 Å². The van der Waals surface area contributed by atoms with Crippen molar-refractivity contribution in [1.82, 2.24) is 9.97 Å². The number of ether oxygens (including phenoxy) is 3. The van der Waals surface area contributed by atoms with Crippen LogP contribution in [0, 0.1) is 5.92 Å². The van der Waals surface area contributed by atoms with Crippen molar-refractivity contribution < 1.29 is 19.0 Å². The Morgan fingerprint density at radius 3 is 2.35 bits per heavy atom. The molecule has 0 radical (unpaired) electrons. The van der Waals surface area contributed by atoms with Crippen molar-refractivity contribution in [3.8, 4) is 11.8 Å². The number of nitrogens with zero attached hydrogens (tertiary/aromatic N) is 2. The van der Waals surface area contributed by atoms with E-state index >= 15 is 0 Å². The molecule has 1 aromatic rings. The fraction of sp³-hybridized carbons (Fsp3) is 0.615. The van der Waals surface area contributed by atoms with E-state index in [0.29, 0.717) is 29.4 Å². The first-order chi connectivity index (χ1) is 9.55. The summed E-state index contributed by atoms with van der Waals surface area (Å²) in [5, 5.41) is 0.419. The van der Waals surface area contributed by atoms with E-state index in [1.807, 2.05) is 0 Å². The molecule has 0 amide bonds. The minimum Gasteiger partial charge on any atom is -0.481 e. The lowest BCUT2D eigenvalue weighted by atomic mass is 10.1. The predicted octanol–water partition coefficient (Wildman–Crippen LogP) is 2.18. The Hall–Kier alpha value is -1.50. The quantitative estimate of drug-likeness (QED) is 0.414. The number of hydrogen-bond acceptors (Lipinski definition) is 7. The number of esters is 1. The number of rotatable bonds is 8. The molecule has 0 N–H and O–H groups in total. The monoisotopic (exact) mass is 300 g/mol. The van der Waals surface area contributed by atoms with Gasteiger partial charge in [0.15, 0.2) is 5.16 Å². The van der Waals surface area contributed by atoms with E-state index in [4.69, 9.17) is 14.2 Å². The highest BCUT2D eigenvalue weighted by Gasteiger charge is 2.10. The maximum absolute atomic E-state index is 11.5. The number of carbonyl (C=O) groups excluding carboxylic acids is 1. The van der Waals surface area contributed by atoms with Gasteiger partial charge in [0.25, 0.3) is 0 Å². The topological polar surface area (TPSA) is 70.5 Å². The maximum Gasteiger partial charge on any atom is 0.316 e. The Labute approximate surface area is 123 Å². The normalized spacial score (nSPS) is 10.4. The second-order valence-corrected chi connectivity index (χ2v) is 5.37. The molecule has 0 aromatic carbocycles. The summed E-state index contributed by atoms with van der Waals surface area (Å²) in [6.07, 6.45) is 0.861. The average molecular weight is 300 g/mol. The van der Waals surface area contributed by atoms with Gasteiger partial charge in [-0.15, -0.1) is 0 Å². The van der Waals surface area contributed by atoms with Crippen LogP contribution in [0.1, 0.15) is 20.3 Å². The highest BCUT2D eigenvalue weighted by molar-refractivity contribution is 7.99. The number of hydrogen-bond donors (Lipinski definition) is 0. The zero-order valence-electron chi connectivity index (χ0n) is 12.2. The van der Waals surface area contributed by atoms with Gasteiger partial charge in [0.05, 0.1) is 32.6 Å². The standard InChI is InChI=1S/C13H20N2O4S/c1-9(2)5-6-19-12(16)8-20-13-14-10(17-3)7-11(15-13)18-4/h7,9H,5-6,8H2,1-4H3. The van der Waals surface area contributed by atoms with Crippen molar-refractivity contribution in [3.05, 3.63) is 6.07 Å². The van der Waals surface area contributed by atoms with Crippen LogP contribution in [0.5, 0.6) is 11.8 Å². The van der Waals surface area contributed by atoms with Gasteiger partial charge in [0, 0.05) is 0 Å². The summed E-state index contributed by atoms with van der Waals surface area (Å²) in [6.45, 7) is 4.61. The van der Waals surface area contributed by atoms with Crippen molar-refractivity contribution in [2.24, 2.45) is 5.92 Å². The molecule has 0 aliphatic rings. The first kappa shape index (κ1) is 16.6. The fourth-order valence-corrected chi connectivity index (χ4v) is 1.87. The van der Waals surface area contributed by atoms with Gasteiger partial charge >= 0.3 is 5.97 Å². The smallest absolute Gasteiger partial charge is 0.316 e. The molecule has 6 nitrogen and oxygen atoms in total. The van der Waals surface area contributed by atoms with Gasteiger partial charge in [-0.3, -0.25) is 4.79 Å². The van der Waals surface area contributed by atoms with Crippen LogP contribution >= 0.6 is 11.8 Å². The lowest BCUT2D eigenvalue weighted by Gasteiger charge is -2.07. The van der Waals surface area contributed by atoms with E-state index in [1.165, 1.54) is 26.0 Å². The number of methoxy groups -OCH3 is 2.